The number of nitrogens with zero attached hydrogens (tertiary/aromatic N) is 2. The second-order valence-corrected chi connectivity index (χ2v) is 0.755. The van der Waals surface area contributed by atoms with Gasteiger partial charge in [0, 0.05) is 0 Å². The normalized spacial score (nSPS) is 8.38. The molecule has 0 aromatic rings. The number of rotatable bonds is 2. The van der Waals surface area contributed by atoms with E-state index in [4.69, 9.17) is 10.4 Å². The highest BCUT2D eigenvalue weighted by atomic mass is 16.6. The van der Waals surface area contributed by atoms with Gasteiger partial charge in [0.2, 0.25) is 0 Å². The zero-order valence-electron chi connectivity index (χ0n) is 3.74. The summed E-state index contributed by atoms with van der Waals surface area (Å²) in [6.07, 6.45) is 1.64. The quantitative estimate of drug-likeness (QED) is 0.299. The van der Waals surface area contributed by atoms with Gasteiger partial charge >= 0.3 is 12.2 Å². The van der Waals surface area contributed by atoms with E-state index in [0.717, 1.165) is 6.26 Å². The molecule has 5 nitrogen and oxygen atoms in total. The first kappa shape index (κ1) is 6.43. The summed E-state index contributed by atoms with van der Waals surface area (Å²) in [5.74, 6) is -1.25. The number of hydrogen-bond donors (Lipinski definition) is 1. The molecule has 0 aliphatic heterocycles. The fraction of sp³-hybridized carbons (Fsp3) is 0. The van der Waals surface area contributed by atoms with Gasteiger partial charge in [-0.25, -0.2) is 4.79 Å². The fourth-order valence-corrected chi connectivity index (χ4v) is 0.0950. The molecule has 0 unspecified atom stereocenters. The maximum Gasteiger partial charge on any atom is 0.350 e. The van der Waals surface area contributed by atoms with Crippen molar-refractivity contribution in [2.24, 2.45) is 5.16 Å². The summed E-state index contributed by atoms with van der Waals surface area (Å²) >= 11 is 0. The predicted molar refractivity (Wildman–Crippen MR) is 22.8 cm³/mol. The minimum Gasteiger partial charge on any atom is -0.477 e. The standard InChI is InChI=1S/C3H2N2O3/c4-2-8-5-1-3(6)7/h1H,(H,6,7). The Bertz CT molecular complexity index is 145. The molecule has 0 radical (unpaired) electrons. The van der Waals surface area contributed by atoms with Gasteiger partial charge < -0.3 is 5.11 Å². The van der Waals surface area contributed by atoms with Gasteiger partial charge in [-0.3, -0.25) is 4.84 Å². The van der Waals surface area contributed by atoms with E-state index in [-0.39, 0.29) is 0 Å². The van der Waals surface area contributed by atoms with Gasteiger partial charge in [-0.05, 0) is 0 Å². The second-order valence-electron chi connectivity index (χ2n) is 0.755. The van der Waals surface area contributed by atoms with Crippen LogP contribution in [0.15, 0.2) is 5.16 Å². The molecule has 0 atom stereocenters. The Labute approximate surface area is 44.8 Å². The molecule has 0 saturated heterocycles. The van der Waals surface area contributed by atoms with Crippen molar-refractivity contribution >= 4 is 12.2 Å². The third-order valence-electron chi connectivity index (χ3n) is 0.257. The highest BCUT2D eigenvalue weighted by Crippen LogP contribution is 1.65. The van der Waals surface area contributed by atoms with Gasteiger partial charge in [0.25, 0.3) is 0 Å². The second kappa shape index (κ2) is 3.61. The molecule has 0 heterocycles. The van der Waals surface area contributed by atoms with Crippen LogP contribution >= 0.6 is 0 Å². The molecule has 0 fully saturated rings. The maximum atomic E-state index is 9.54. The van der Waals surface area contributed by atoms with Gasteiger partial charge in [-0.2, -0.15) is 0 Å². The summed E-state index contributed by atoms with van der Waals surface area (Å²) in [5, 5.41) is 18.1. The van der Waals surface area contributed by atoms with Crippen LogP contribution in [0.25, 0.3) is 0 Å². The first-order valence-electron chi connectivity index (χ1n) is 1.58. The van der Waals surface area contributed by atoms with Crippen LogP contribution in [-0.2, 0) is 9.63 Å². The average molecular weight is 114 g/mol. The summed E-state index contributed by atoms with van der Waals surface area (Å²) in [6.45, 7) is 0. The molecular formula is C3H2N2O3. The number of carbonyl (C=O) groups is 1. The first-order chi connectivity index (χ1) is 3.77. The third-order valence-corrected chi connectivity index (χ3v) is 0.257. The Balaban J connectivity index is 3.38. The van der Waals surface area contributed by atoms with Crippen LogP contribution in [0.1, 0.15) is 0 Å². The number of nitriles is 1. The molecule has 0 saturated carbocycles. The molecule has 0 aliphatic carbocycles. The minimum absolute atomic E-state index is 0.475. The van der Waals surface area contributed by atoms with Gasteiger partial charge in [0.1, 0.15) is 0 Å². The van der Waals surface area contributed by atoms with Crippen LogP contribution in [0.5, 0.6) is 0 Å². The van der Waals surface area contributed by atoms with Crippen molar-refractivity contribution in [3.8, 4) is 6.26 Å². The van der Waals surface area contributed by atoms with Crippen LogP contribution < -0.4 is 0 Å². The highest BCUT2D eigenvalue weighted by Gasteiger charge is 1.83. The summed E-state index contributed by atoms with van der Waals surface area (Å²) < 4.78 is 0. The molecule has 5 heteroatoms. The Morgan fingerprint density at radius 3 is 3.00 bits per heavy atom. The van der Waals surface area contributed by atoms with Crippen molar-refractivity contribution < 1.29 is 14.7 Å². The third kappa shape index (κ3) is 4.43. The van der Waals surface area contributed by atoms with Crippen LogP contribution in [-0.4, -0.2) is 17.3 Å². The zero-order valence-corrected chi connectivity index (χ0v) is 3.74. The summed E-state index contributed by atoms with van der Waals surface area (Å²) in [4.78, 5) is 13.2. The van der Waals surface area contributed by atoms with E-state index in [0.29, 0.717) is 6.21 Å². The van der Waals surface area contributed by atoms with Crippen molar-refractivity contribution in [1.82, 2.24) is 0 Å². The van der Waals surface area contributed by atoms with Crippen LogP contribution in [0.3, 0.4) is 0 Å². The molecule has 0 aliphatic rings. The van der Waals surface area contributed by atoms with Gasteiger partial charge in [0.05, 0.1) is 0 Å². The molecular weight excluding hydrogens is 112 g/mol. The van der Waals surface area contributed by atoms with Gasteiger partial charge in [-0.1, -0.05) is 5.16 Å². The summed E-state index contributed by atoms with van der Waals surface area (Å²) in [6, 6.07) is 0. The lowest BCUT2D eigenvalue weighted by Crippen LogP contribution is -1.94. The van der Waals surface area contributed by atoms with Gasteiger partial charge in [-0.15, -0.1) is 5.26 Å². The van der Waals surface area contributed by atoms with E-state index in [1.165, 1.54) is 0 Å². The Morgan fingerprint density at radius 2 is 2.62 bits per heavy atom. The van der Waals surface area contributed by atoms with Crippen LogP contribution in [0, 0.1) is 11.5 Å². The lowest BCUT2D eigenvalue weighted by atomic mass is 10.8. The van der Waals surface area contributed by atoms with E-state index < -0.39 is 5.97 Å². The molecule has 0 aromatic carbocycles. The lowest BCUT2D eigenvalue weighted by molar-refractivity contribution is -0.128. The van der Waals surface area contributed by atoms with Gasteiger partial charge in [0.15, 0.2) is 6.21 Å². The van der Waals surface area contributed by atoms with Crippen molar-refractivity contribution in [2.75, 3.05) is 0 Å². The van der Waals surface area contributed by atoms with E-state index in [1.54, 1.807) is 0 Å². The SMILES string of the molecule is N#CON=CC(=O)O. The smallest absolute Gasteiger partial charge is 0.350 e. The largest absolute Gasteiger partial charge is 0.477 e. The molecule has 0 rings (SSSR count). The Kier molecular flexibility index (Phi) is 2.90. The van der Waals surface area contributed by atoms with Crippen LogP contribution in [0.4, 0.5) is 0 Å². The molecule has 1 N–H and O–H groups in total. The zero-order chi connectivity index (χ0) is 6.41. The number of oxime groups is 1. The van der Waals surface area contributed by atoms with Crippen molar-refractivity contribution in [3.05, 3.63) is 0 Å². The van der Waals surface area contributed by atoms with Crippen LogP contribution in [0.2, 0.25) is 0 Å². The molecule has 0 bridgehead atoms. The molecule has 0 spiro atoms. The highest BCUT2D eigenvalue weighted by molar-refractivity contribution is 6.21. The molecule has 42 valence electrons. The fourth-order valence-electron chi connectivity index (χ4n) is 0.0950. The first-order valence-corrected chi connectivity index (χ1v) is 1.58. The minimum atomic E-state index is -1.25. The molecule has 0 amide bonds. The summed E-state index contributed by atoms with van der Waals surface area (Å²) in [7, 11) is 0. The topological polar surface area (TPSA) is 82.7 Å². The van der Waals surface area contributed by atoms with Crippen molar-refractivity contribution in [3.63, 3.8) is 0 Å². The Hall–Kier alpha value is -1.57. The van der Waals surface area contributed by atoms with E-state index in [9.17, 15) is 4.79 Å². The van der Waals surface area contributed by atoms with Crippen molar-refractivity contribution in [2.45, 2.75) is 0 Å². The van der Waals surface area contributed by atoms with E-state index in [1.807, 2.05) is 0 Å². The summed E-state index contributed by atoms with van der Waals surface area (Å²) in [5.41, 5.74) is 0. The molecule has 0 aromatic heterocycles. The Morgan fingerprint density at radius 1 is 2.00 bits per heavy atom. The van der Waals surface area contributed by atoms with Crippen molar-refractivity contribution in [1.29, 1.82) is 5.26 Å². The monoisotopic (exact) mass is 114 g/mol. The average Bonchev–Trinajstić information content (AvgIpc) is 1.66. The number of carboxylic acid groups (broad SMARTS) is 1. The number of aliphatic carboxylic acids is 1. The number of carboxylic acids is 1. The molecule has 8 heavy (non-hydrogen) atoms. The maximum absolute atomic E-state index is 9.54. The number of hydrogen-bond acceptors (Lipinski definition) is 4. The van der Waals surface area contributed by atoms with E-state index in [2.05, 4.69) is 9.99 Å². The lowest BCUT2D eigenvalue weighted by Gasteiger charge is -1.74. The van der Waals surface area contributed by atoms with E-state index >= 15 is 0 Å². The predicted octanol–water partition coefficient (Wildman–Crippen LogP) is -0.446.